The first-order valence-corrected chi connectivity index (χ1v) is 12.4. The molecule has 3 N–H and O–H groups in total. The molecule has 13 heteroatoms. The van der Waals surface area contributed by atoms with Crippen molar-refractivity contribution in [2.45, 2.75) is 56.0 Å². The van der Waals surface area contributed by atoms with E-state index >= 15 is 0 Å². The smallest absolute Gasteiger partial charge is 0.416 e. The van der Waals surface area contributed by atoms with Crippen molar-refractivity contribution < 1.29 is 45.8 Å². The summed E-state index contributed by atoms with van der Waals surface area (Å²) in [4.78, 5) is 11.9. The van der Waals surface area contributed by atoms with E-state index in [0.29, 0.717) is 18.2 Å². The van der Waals surface area contributed by atoms with Gasteiger partial charge in [0.05, 0.1) is 16.1 Å². The highest BCUT2D eigenvalue weighted by Gasteiger charge is 2.47. The zero-order valence-corrected chi connectivity index (χ0v) is 20.2. The number of nitrogens with one attached hydrogen (secondary N) is 1. The number of benzene rings is 2. The third-order valence-corrected chi connectivity index (χ3v) is 8.18. The van der Waals surface area contributed by atoms with Gasteiger partial charge < -0.3 is 9.84 Å². The van der Waals surface area contributed by atoms with Gasteiger partial charge in [0.2, 0.25) is 10.0 Å². The van der Waals surface area contributed by atoms with Gasteiger partial charge in [0.25, 0.3) is 5.91 Å². The summed E-state index contributed by atoms with van der Waals surface area (Å²) in [6.45, 7) is 2.42. The van der Waals surface area contributed by atoms with Gasteiger partial charge in [-0.15, -0.1) is 0 Å². The van der Waals surface area contributed by atoms with Crippen LogP contribution in [0.2, 0.25) is 0 Å². The summed E-state index contributed by atoms with van der Waals surface area (Å²) in [5, 5.41) is 20.0. The van der Waals surface area contributed by atoms with Crippen LogP contribution in [0.15, 0.2) is 47.4 Å². The topological polar surface area (TPSA) is 116 Å². The fourth-order valence-corrected chi connectivity index (χ4v) is 5.69. The Kier molecular flexibility index (Phi) is 7.98. The van der Waals surface area contributed by atoms with E-state index in [1.807, 2.05) is 0 Å². The SMILES string of the molecule is CC(C)C1(O)CCC(C(=O)NO)N(S(=O)(=O)c2ccc(OCc3cc(F)ccc3C(F)(F)F)cc2)C1. The largest absolute Gasteiger partial charge is 0.489 e. The number of ether oxygens (including phenoxy) is 1. The van der Waals surface area contributed by atoms with Crippen LogP contribution < -0.4 is 10.2 Å². The van der Waals surface area contributed by atoms with E-state index in [2.05, 4.69) is 0 Å². The first-order valence-electron chi connectivity index (χ1n) is 11.0. The lowest BCUT2D eigenvalue weighted by Gasteiger charge is -2.44. The van der Waals surface area contributed by atoms with Crippen LogP contribution in [-0.4, -0.2) is 47.1 Å². The molecule has 0 saturated carbocycles. The van der Waals surface area contributed by atoms with Crippen LogP contribution in [-0.2, 0) is 27.6 Å². The average Bonchev–Trinajstić information content (AvgIpc) is 2.81. The van der Waals surface area contributed by atoms with Gasteiger partial charge in [0.1, 0.15) is 24.2 Å². The van der Waals surface area contributed by atoms with Crippen molar-refractivity contribution in [2.75, 3.05) is 6.54 Å². The fourth-order valence-electron chi connectivity index (χ4n) is 4.01. The number of hydroxylamine groups is 1. The summed E-state index contributed by atoms with van der Waals surface area (Å²) in [5.41, 5.74) is -1.44. The molecule has 0 aromatic heterocycles. The van der Waals surface area contributed by atoms with Crippen LogP contribution in [0, 0.1) is 11.7 Å². The first kappa shape index (κ1) is 27.8. The number of aliphatic hydroxyl groups is 1. The molecule has 8 nitrogen and oxygen atoms in total. The lowest BCUT2D eigenvalue weighted by molar-refractivity contribution is -0.139. The van der Waals surface area contributed by atoms with Crippen molar-refractivity contribution in [1.29, 1.82) is 0 Å². The summed E-state index contributed by atoms with van der Waals surface area (Å²) in [6.07, 6.45) is -4.60. The van der Waals surface area contributed by atoms with Gasteiger partial charge in [0, 0.05) is 12.1 Å². The van der Waals surface area contributed by atoms with E-state index in [1.54, 1.807) is 13.8 Å². The van der Waals surface area contributed by atoms with Crippen molar-refractivity contribution in [1.82, 2.24) is 9.79 Å². The summed E-state index contributed by atoms with van der Waals surface area (Å²) in [5.74, 6) is -2.12. The zero-order valence-electron chi connectivity index (χ0n) is 19.4. The maximum Gasteiger partial charge on any atom is 0.416 e. The monoisotopic (exact) mass is 534 g/mol. The minimum absolute atomic E-state index is 0.0216. The number of carbonyl (C=O) groups excluding carboxylic acids is 1. The number of β-amino-alcohol motifs (C(OH)–C–C–N with tert-alkyl or cyclic N) is 1. The molecule has 1 aliphatic rings. The molecule has 2 unspecified atom stereocenters. The molecular formula is C23H26F4N2O6S. The fraction of sp³-hybridized carbons (Fsp3) is 0.435. The number of piperidine rings is 1. The Morgan fingerprint density at radius 1 is 1.22 bits per heavy atom. The van der Waals surface area contributed by atoms with Gasteiger partial charge >= 0.3 is 6.18 Å². The summed E-state index contributed by atoms with van der Waals surface area (Å²) in [7, 11) is -4.34. The maximum absolute atomic E-state index is 13.5. The van der Waals surface area contributed by atoms with Gasteiger partial charge in [-0.05, 0) is 61.2 Å². The third-order valence-electron chi connectivity index (χ3n) is 6.31. The number of alkyl halides is 3. The second-order valence-corrected chi connectivity index (χ2v) is 10.8. The van der Waals surface area contributed by atoms with E-state index in [9.17, 15) is 35.9 Å². The van der Waals surface area contributed by atoms with Crippen molar-refractivity contribution in [3.05, 3.63) is 59.4 Å². The molecule has 0 spiro atoms. The molecule has 3 rings (SSSR count). The Morgan fingerprint density at radius 3 is 2.42 bits per heavy atom. The molecule has 1 aliphatic heterocycles. The lowest BCUT2D eigenvalue weighted by atomic mass is 9.81. The number of hydrogen-bond acceptors (Lipinski definition) is 6. The average molecular weight is 535 g/mol. The van der Waals surface area contributed by atoms with Crippen LogP contribution in [0.5, 0.6) is 5.75 Å². The molecule has 2 aromatic rings. The number of carbonyl (C=O) groups is 1. The summed E-state index contributed by atoms with van der Waals surface area (Å²) >= 11 is 0. The molecule has 1 amide bonds. The quantitative estimate of drug-likeness (QED) is 0.285. The van der Waals surface area contributed by atoms with Crippen molar-refractivity contribution in [3.63, 3.8) is 0 Å². The highest BCUT2D eigenvalue weighted by Crippen LogP contribution is 2.36. The first-order chi connectivity index (χ1) is 16.7. The molecule has 1 saturated heterocycles. The minimum atomic E-state index is -4.71. The predicted molar refractivity (Wildman–Crippen MR) is 119 cm³/mol. The number of rotatable bonds is 7. The molecule has 0 radical (unpaired) electrons. The number of amides is 1. The lowest BCUT2D eigenvalue weighted by Crippen LogP contribution is -2.60. The van der Waals surface area contributed by atoms with Crippen LogP contribution in [0.25, 0.3) is 0 Å². The van der Waals surface area contributed by atoms with E-state index in [4.69, 9.17) is 9.94 Å². The Balaban J connectivity index is 1.84. The zero-order chi connectivity index (χ0) is 26.9. The van der Waals surface area contributed by atoms with Crippen molar-refractivity contribution >= 4 is 15.9 Å². The Morgan fingerprint density at radius 2 is 1.86 bits per heavy atom. The molecule has 198 valence electrons. The number of hydrogen-bond donors (Lipinski definition) is 3. The standard InChI is InChI=1S/C23H26F4N2O6S/c1-14(2)22(31)10-9-20(21(30)28-32)29(13-22)36(33,34)18-6-4-17(5-7-18)35-12-15-11-16(24)3-8-19(15)23(25,26)27/h3-8,11,14,20,31-32H,9-10,12-13H2,1-2H3,(H,28,30). The second kappa shape index (κ2) is 10.3. The molecule has 0 bridgehead atoms. The number of sulfonamides is 1. The van der Waals surface area contributed by atoms with Gasteiger partial charge in [-0.1, -0.05) is 13.8 Å². The highest BCUT2D eigenvalue weighted by atomic mass is 32.2. The van der Waals surface area contributed by atoms with Crippen LogP contribution in [0.1, 0.15) is 37.8 Å². The second-order valence-electron chi connectivity index (χ2n) is 8.90. The number of nitrogens with zero attached hydrogens (tertiary/aromatic N) is 1. The Bertz CT molecular complexity index is 1200. The molecule has 2 atom stereocenters. The minimum Gasteiger partial charge on any atom is -0.489 e. The van der Waals surface area contributed by atoms with Gasteiger partial charge in [-0.2, -0.15) is 17.5 Å². The summed E-state index contributed by atoms with van der Waals surface area (Å²) in [6, 6.07) is 5.44. The van der Waals surface area contributed by atoms with E-state index in [0.717, 1.165) is 16.4 Å². The number of halogens is 4. The third kappa shape index (κ3) is 5.80. The van der Waals surface area contributed by atoms with Crippen LogP contribution in [0.3, 0.4) is 0 Å². The van der Waals surface area contributed by atoms with Gasteiger partial charge in [-0.3, -0.25) is 10.0 Å². The van der Waals surface area contributed by atoms with Crippen LogP contribution in [0.4, 0.5) is 17.6 Å². The molecular weight excluding hydrogens is 508 g/mol. The Hall–Kier alpha value is -2.74. The normalized spacial score (nSPS) is 21.4. The van der Waals surface area contributed by atoms with Crippen molar-refractivity contribution in [2.24, 2.45) is 5.92 Å². The highest BCUT2D eigenvalue weighted by molar-refractivity contribution is 7.89. The van der Waals surface area contributed by atoms with E-state index < -0.39 is 57.3 Å². The predicted octanol–water partition coefficient (Wildman–Crippen LogP) is 3.47. The van der Waals surface area contributed by atoms with Gasteiger partial charge in [-0.25, -0.2) is 18.3 Å². The molecule has 1 heterocycles. The Labute approximate surface area is 205 Å². The van der Waals surface area contributed by atoms with E-state index in [-0.39, 0.29) is 35.9 Å². The van der Waals surface area contributed by atoms with Gasteiger partial charge in [0.15, 0.2) is 0 Å². The molecule has 1 fully saturated rings. The maximum atomic E-state index is 13.5. The van der Waals surface area contributed by atoms with E-state index in [1.165, 1.54) is 17.6 Å². The molecule has 2 aromatic carbocycles. The summed E-state index contributed by atoms with van der Waals surface area (Å²) < 4.78 is 85.9. The molecule has 0 aliphatic carbocycles. The van der Waals surface area contributed by atoms with Crippen LogP contribution >= 0.6 is 0 Å². The van der Waals surface area contributed by atoms with Crippen molar-refractivity contribution in [3.8, 4) is 5.75 Å². The molecule has 36 heavy (non-hydrogen) atoms.